The van der Waals surface area contributed by atoms with Gasteiger partial charge in [-0.05, 0) is 27.7 Å². The summed E-state index contributed by atoms with van der Waals surface area (Å²) in [7, 11) is -2.73. The quantitative estimate of drug-likeness (QED) is 0.593. The van der Waals surface area contributed by atoms with Crippen molar-refractivity contribution in [1.29, 1.82) is 0 Å². The van der Waals surface area contributed by atoms with Gasteiger partial charge in [-0.25, -0.2) is 4.39 Å². The first-order valence-electron chi connectivity index (χ1n) is 5.16. The van der Waals surface area contributed by atoms with Gasteiger partial charge in [-0.2, -0.15) is 0 Å². The fourth-order valence-corrected chi connectivity index (χ4v) is 3.92. The Bertz CT molecular complexity index is 127. The van der Waals surface area contributed by atoms with E-state index >= 15 is 0 Å². The highest BCUT2D eigenvalue weighted by Gasteiger charge is 2.42. The van der Waals surface area contributed by atoms with Crippen molar-refractivity contribution >= 4 is 8.80 Å². The second kappa shape index (κ2) is 7.34. The molecular weight excluding hydrogens is 203 g/mol. The Morgan fingerprint density at radius 2 is 1.36 bits per heavy atom. The fourth-order valence-electron chi connectivity index (χ4n) is 1.31. The number of hydrogen-bond donors (Lipinski definition) is 0. The van der Waals surface area contributed by atoms with Crippen LogP contribution in [0.15, 0.2) is 0 Å². The molecule has 0 saturated heterocycles. The first kappa shape index (κ1) is 14.0. The maximum Gasteiger partial charge on any atom is 0.503 e. The molecule has 5 heteroatoms. The van der Waals surface area contributed by atoms with E-state index < -0.39 is 15.0 Å². The van der Waals surface area contributed by atoms with Gasteiger partial charge in [0.2, 0.25) is 0 Å². The summed E-state index contributed by atoms with van der Waals surface area (Å²) in [6, 6.07) is 0.239. The first-order chi connectivity index (χ1) is 6.60. The Morgan fingerprint density at radius 3 is 1.57 bits per heavy atom. The lowest BCUT2D eigenvalue weighted by Crippen LogP contribution is -2.47. The molecule has 0 aliphatic rings. The van der Waals surface area contributed by atoms with Gasteiger partial charge in [0.1, 0.15) is 6.17 Å². The predicted molar refractivity (Wildman–Crippen MR) is 56.0 cm³/mol. The number of halogens is 1. The van der Waals surface area contributed by atoms with E-state index in [0.29, 0.717) is 19.8 Å². The van der Waals surface area contributed by atoms with Gasteiger partial charge in [-0.1, -0.05) is 0 Å². The van der Waals surface area contributed by atoms with Crippen LogP contribution in [0.25, 0.3) is 0 Å². The second-order valence-corrected chi connectivity index (χ2v) is 5.61. The maximum absolute atomic E-state index is 13.0. The highest BCUT2D eigenvalue weighted by Crippen LogP contribution is 2.19. The van der Waals surface area contributed by atoms with E-state index in [-0.39, 0.29) is 6.04 Å². The molecule has 0 aliphatic heterocycles. The van der Waals surface area contributed by atoms with Gasteiger partial charge in [0, 0.05) is 25.9 Å². The molecule has 0 saturated carbocycles. The van der Waals surface area contributed by atoms with Crippen LogP contribution < -0.4 is 0 Å². The van der Waals surface area contributed by atoms with Crippen molar-refractivity contribution in [3.8, 4) is 0 Å². The SMILES string of the molecule is CCO[Si](CC(C)F)(OCC)OCC. The molecule has 0 radical (unpaired) electrons. The number of hydrogen-bond acceptors (Lipinski definition) is 3. The highest BCUT2D eigenvalue weighted by atomic mass is 28.4. The summed E-state index contributed by atoms with van der Waals surface area (Å²) in [5.74, 6) is 0. The van der Waals surface area contributed by atoms with E-state index in [0.717, 1.165) is 0 Å². The van der Waals surface area contributed by atoms with Crippen molar-refractivity contribution in [2.45, 2.75) is 39.9 Å². The van der Waals surface area contributed by atoms with Gasteiger partial charge in [0.25, 0.3) is 0 Å². The molecule has 0 rings (SSSR count). The first-order valence-corrected chi connectivity index (χ1v) is 7.09. The molecular formula is C9H21FO3Si. The molecule has 0 aromatic rings. The van der Waals surface area contributed by atoms with Crippen molar-refractivity contribution in [3.63, 3.8) is 0 Å². The summed E-state index contributed by atoms with van der Waals surface area (Å²) in [5.41, 5.74) is 0. The second-order valence-electron chi connectivity index (χ2n) is 2.97. The van der Waals surface area contributed by atoms with Crippen LogP contribution in [-0.4, -0.2) is 34.8 Å². The molecule has 0 aromatic carbocycles. The lowest BCUT2D eigenvalue weighted by atomic mass is 10.5. The molecule has 14 heavy (non-hydrogen) atoms. The van der Waals surface area contributed by atoms with Crippen LogP contribution in [0.3, 0.4) is 0 Å². The van der Waals surface area contributed by atoms with Crippen molar-refractivity contribution < 1.29 is 17.7 Å². The van der Waals surface area contributed by atoms with E-state index in [2.05, 4.69) is 0 Å². The Morgan fingerprint density at radius 1 is 1.00 bits per heavy atom. The molecule has 0 aromatic heterocycles. The molecule has 1 unspecified atom stereocenters. The summed E-state index contributed by atoms with van der Waals surface area (Å²) in [6.45, 7) is 8.59. The van der Waals surface area contributed by atoms with E-state index in [1.54, 1.807) is 0 Å². The van der Waals surface area contributed by atoms with Crippen LogP contribution in [0.2, 0.25) is 6.04 Å². The van der Waals surface area contributed by atoms with Crippen LogP contribution >= 0.6 is 0 Å². The number of rotatable bonds is 8. The average molecular weight is 224 g/mol. The zero-order valence-electron chi connectivity index (χ0n) is 9.51. The molecule has 3 nitrogen and oxygen atoms in total. The Labute approximate surface area is 86.9 Å². The van der Waals surface area contributed by atoms with Crippen molar-refractivity contribution in [3.05, 3.63) is 0 Å². The van der Waals surface area contributed by atoms with Gasteiger partial charge in [-0.15, -0.1) is 0 Å². The van der Waals surface area contributed by atoms with E-state index in [9.17, 15) is 4.39 Å². The Balaban J connectivity index is 4.37. The Kier molecular flexibility index (Phi) is 7.35. The molecule has 0 bridgehead atoms. The molecule has 86 valence electrons. The fraction of sp³-hybridized carbons (Fsp3) is 1.00. The minimum absolute atomic E-state index is 0.239. The standard InChI is InChI=1S/C9H21FO3Si/c1-5-11-14(12-6-2,13-7-3)8-9(4)10/h9H,5-8H2,1-4H3. The van der Waals surface area contributed by atoms with Gasteiger partial charge < -0.3 is 13.3 Å². The van der Waals surface area contributed by atoms with Crippen LogP contribution in [0.5, 0.6) is 0 Å². The lowest BCUT2D eigenvalue weighted by Gasteiger charge is -2.28. The van der Waals surface area contributed by atoms with Crippen LogP contribution in [0.1, 0.15) is 27.7 Å². The van der Waals surface area contributed by atoms with E-state index in [1.807, 2.05) is 20.8 Å². The van der Waals surface area contributed by atoms with Crippen LogP contribution in [0.4, 0.5) is 4.39 Å². The summed E-state index contributed by atoms with van der Waals surface area (Å²) in [6.07, 6.45) is -0.952. The summed E-state index contributed by atoms with van der Waals surface area (Å²) >= 11 is 0. The molecule has 0 spiro atoms. The van der Waals surface area contributed by atoms with Crippen molar-refractivity contribution in [1.82, 2.24) is 0 Å². The van der Waals surface area contributed by atoms with Gasteiger partial charge in [-0.3, -0.25) is 0 Å². The molecule has 0 N–H and O–H groups in total. The maximum atomic E-state index is 13.0. The van der Waals surface area contributed by atoms with Crippen molar-refractivity contribution in [2.24, 2.45) is 0 Å². The third kappa shape index (κ3) is 5.04. The monoisotopic (exact) mass is 224 g/mol. The lowest BCUT2D eigenvalue weighted by molar-refractivity contribution is 0.0657. The molecule has 0 amide bonds. The van der Waals surface area contributed by atoms with Crippen molar-refractivity contribution in [2.75, 3.05) is 19.8 Å². The summed E-state index contributed by atoms with van der Waals surface area (Å²) in [4.78, 5) is 0. The zero-order valence-corrected chi connectivity index (χ0v) is 10.5. The van der Waals surface area contributed by atoms with Gasteiger partial charge in [0.15, 0.2) is 0 Å². The zero-order chi connectivity index (χ0) is 11.0. The highest BCUT2D eigenvalue weighted by molar-refractivity contribution is 6.60. The minimum atomic E-state index is -2.73. The van der Waals surface area contributed by atoms with Gasteiger partial charge >= 0.3 is 8.80 Å². The topological polar surface area (TPSA) is 27.7 Å². The third-order valence-corrected chi connectivity index (χ3v) is 4.87. The predicted octanol–water partition coefficient (Wildman–Crippen LogP) is 2.39. The summed E-state index contributed by atoms with van der Waals surface area (Å²) in [5, 5.41) is 0. The normalized spacial score (nSPS) is 14.4. The number of alkyl halides is 1. The molecule has 0 aliphatic carbocycles. The third-order valence-electron chi connectivity index (χ3n) is 1.62. The minimum Gasteiger partial charge on any atom is -0.374 e. The summed E-state index contributed by atoms with van der Waals surface area (Å²) < 4.78 is 29.4. The van der Waals surface area contributed by atoms with E-state index in [4.69, 9.17) is 13.3 Å². The van der Waals surface area contributed by atoms with Gasteiger partial charge in [0.05, 0.1) is 0 Å². The molecule has 1 atom stereocenters. The average Bonchev–Trinajstić information content (AvgIpc) is 2.03. The van der Waals surface area contributed by atoms with Crippen LogP contribution in [-0.2, 0) is 13.3 Å². The smallest absolute Gasteiger partial charge is 0.374 e. The largest absolute Gasteiger partial charge is 0.503 e. The molecule has 0 heterocycles. The van der Waals surface area contributed by atoms with E-state index in [1.165, 1.54) is 6.92 Å². The molecule has 0 fully saturated rings. The van der Waals surface area contributed by atoms with Crippen LogP contribution in [0, 0.1) is 0 Å². The Hall–Kier alpha value is 0.0269.